The summed E-state index contributed by atoms with van der Waals surface area (Å²) in [6.07, 6.45) is 0.364. The summed E-state index contributed by atoms with van der Waals surface area (Å²) in [4.78, 5) is 12.6. The van der Waals surface area contributed by atoms with Crippen molar-refractivity contribution in [3.8, 4) is 0 Å². The zero-order chi connectivity index (χ0) is 12.1. The van der Waals surface area contributed by atoms with E-state index in [1.165, 1.54) is 12.0 Å². The summed E-state index contributed by atoms with van der Waals surface area (Å²) in [5.41, 5.74) is 1.03. The first-order valence-electron chi connectivity index (χ1n) is 4.77. The maximum atomic E-state index is 11.1. The van der Waals surface area contributed by atoms with Gasteiger partial charge in [-0.3, -0.25) is 0 Å². The summed E-state index contributed by atoms with van der Waals surface area (Å²) >= 11 is 11.7. The Balaban J connectivity index is 2.55. The van der Waals surface area contributed by atoms with Gasteiger partial charge in [0.05, 0.1) is 17.2 Å². The smallest absolute Gasteiger partial charge is 0.409 e. The normalized spacial score (nSPS) is 10.0. The van der Waals surface area contributed by atoms with Crippen molar-refractivity contribution in [1.82, 2.24) is 4.90 Å². The molecule has 0 aliphatic carbocycles. The molecule has 1 rings (SSSR count). The lowest BCUT2D eigenvalue weighted by Gasteiger charge is -2.15. The number of rotatable bonds is 3. The molecule has 0 aliphatic rings. The number of halogens is 2. The number of likely N-dealkylation sites (N-methyl/N-ethyl adjacent to an activating group) is 1. The largest absolute Gasteiger partial charge is 0.453 e. The summed E-state index contributed by atoms with van der Waals surface area (Å²) in [7, 11) is 3.04. The predicted octanol–water partition coefficient (Wildman–Crippen LogP) is 3.23. The fraction of sp³-hybridized carbons (Fsp3) is 0.364. The first-order chi connectivity index (χ1) is 7.54. The summed E-state index contributed by atoms with van der Waals surface area (Å²) in [5, 5.41) is 1.06. The van der Waals surface area contributed by atoms with Gasteiger partial charge >= 0.3 is 6.09 Å². The minimum atomic E-state index is -0.347. The number of hydrogen-bond acceptors (Lipinski definition) is 2. The second kappa shape index (κ2) is 5.97. The van der Waals surface area contributed by atoms with Gasteiger partial charge in [0, 0.05) is 13.6 Å². The van der Waals surface area contributed by atoms with Gasteiger partial charge in [-0.05, 0) is 24.1 Å². The van der Waals surface area contributed by atoms with Gasteiger partial charge in [0.2, 0.25) is 0 Å². The second-order valence-electron chi connectivity index (χ2n) is 3.39. The number of nitrogens with zero attached hydrogens (tertiary/aromatic N) is 1. The first kappa shape index (κ1) is 13.1. The summed E-state index contributed by atoms with van der Waals surface area (Å²) < 4.78 is 4.58. The molecule has 0 heterocycles. The molecule has 0 fully saturated rings. The Morgan fingerprint density at radius 1 is 1.38 bits per heavy atom. The van der Waals surface area contributed by atoms with Crippen LogP contribution in [-0.2, 0) is 11.2 Å². The van der Waals surface area contributed by atoms with E-state index < -0.39 is 0 Å². The molecule has 1 amide bonds. The zero-order valence-corrected chi connectivity index (χ0v) is 10.7. The van der Waals surface area contributed by atoms with Crippen molar-refractivity contribution in [2.75, 3.05) is 20.7 Å². The fourth-order valence-corrected chi connectivity index (χ4v) is 1.56. The Morgan fingerprint density at radius 2 is 2.06 bits per heavy atom. The topological polar surface area (TPSA) is 29.5 Å². The highest BCUT2D eigenvalue weighted by Crippen LogP contribution is 2.22. The molecule has 0 N–H and O–H groups in total. The third-order valence-electron chi connectivity index (χ3n) is 2.21. The van der Waals surface area contributed by atoms with E-state index in [0.29, 0.717) is 23.0 Å². The molecule has 0 spiro atoms. The second-order valence-corrected chi connectivity index (χ2v) is 4.20. The third kappa shape index (κ3) is 3.58. The minimum Gasteiger partial charge on any atom is -0.453 e. The molecule has 0 unspecified atom stereocenters. The van der Waals surface area contributed by atoms with Gasteiger partial charge in [-0.25, -0.2) is 4.79 Å². The van der Waals surface area contributed by atoms with Crippen LogP contribution in [0.1, 0.15) is 5.56 Å². The maximum absolute atomic E-state index is 11.1. The average molecular weight is 262 g/mol. The molecule has 16 heavy (non-hydrogen) atoms. The molecule has 3 nitrogen and oxygen atoms in total. The van der Waals surface area contributed by atoms with Crippen molar-refractivity contribution in [3.05, 3.63) is 33.8 Å². The van der Waals surface area contributed by atoms with Crippen LogP contribution in [-0.4, -0.2) is 31.7 Å². The van der Waals surface area contributed by atoms with Gasteiger partial charge in [0.1, 0.15) is 0 Å². The minimum absolute atomic E-state index is 0.347. The Hall–Kier alpha value is -0.930. The molecular formula is C11H13Cl2NO2. The molecule has 0 bridgehead atoms. The Bertz CT molecular complexity index is 382. The van der Waals surface area contributed by atoms with Crippen molar-refractivity contribution in [2.24, 2.45) is 0 Å². The number of methoxy groups -OCH3 is 1. The van der Waals surface area contributed by atoms with Gasteiger partial charge in [-0.15, -0.1) is 0 Å². The molecule has 0 aliphatic heterocycles. The van der Waals surface area contributed by atoms with Crippen LogP contribution in [0, 0.1) is 0 Å². The first-order valence-corrected chi connectivity index (χ1v) is 5.53. The number of hydrogen-bond donors (Lipinski definition) is 0. The molecule has 1 aromatic carbocycles. The fourth-order valence-electron chi connectivity index (χ4n) is 1.24. The lowest BCUT2D eigenvalue weighted by molar-refractivity contribution is 0.134. The van der Waals surface area contributed by atoms with Crippen molar-refractivity contribution in [1.29, 1.82) is 0 Å². The van der Waals surface area contributed by atoms with Gasteiger partial charge in [-0.2, -0.15) is 0 Å². The lowest BCUT2D eigenvalue weighted by atomic mass is 10.1. The highest BCUT2D eigenvalue weighted by atomic mass is 35.5. The monoisotopic (exact) mass is 261 g/mol. The Labute approximate surface area is 105 Å². The van der Waals surface area contributed by atoms with Crippen LogP contribution in [0.2, 0.25) is 10.0 Å². The number of carbonyl (C=O) groups is 1. The number of ether oxygens (including phenoxy) is 1. The van der Waals surface area contributed by atoms with Crippen LogP contribution in [0.25, 0.3) is 0 Å². The van der Waals surface area contributed by atoms with E-state index in [-0.39, 0.29) is 6.09 Å². The van der Waals surface area contributed by atoms with E-state index in [9.17, 15) is 4.79 Å². The molecular weight excluding hydrogens is 249 g/mol. The van der Waals surface area contributed by atoms with Gasteiger partial charge in [-0.1, -0.05) is 29.3 Å². The van der Waals surface area contributed by atoms with Crippen molar-refractivity contribution in [2.45, 2.75) is 6.42 Å². The van der Waals surface area contributed by atoms with E-state index in [2.05, 4.69) is 4.74 Å². The SMILES string of the molecule is COC(=O)N(C)CCc1ccc(Cl)c(Cl)c1. The number of benzene rings is 1. The van der Waals surface area contributed by atoms with Gasteiger partial charge in [0.15, 0.2) is 0 Å². The van der Waals surface area contributed by atoms with Crippen LogP contribution < -0.4 is 0 Å². The molecule has 5 heteroatoms. The van der Waals surface area contributed by atoms with E-state index in [4.69, 9.17) is 23.2 Å². The van der Waals surface area contributed by atoms with E-state index in [1.807, 2.05) is 6.07 Å². The van der Waals surface area contributed by atoms with E-state index in [0.717, 1.165) is 5.56 Å². The van der Waals surface area contributed by atoms with Crippen LogP contribution in [0.4, 0.5) is 4.79 Å². The van der Waals surface area contributed by atoms with Crippen LogP contribution in [0.5, 0.6) is 0 Å². The summed E-state index contributed by atoms with van der Waals surface area (Å²) in [6.45, 7) is 0.574. The highest BCUT2D eigenvalue weighted by molar-refractivity contribution is 6.42. The lowest BCUT2D eigenvalue weighted by Crippen LogP contribution is -2.28. The molecule has 0 saturated heterocycles. The van der Waals surface area contributed by atoms with E-state index >= 15 is 0 Å². The zero-order valence-electron chi connectivity index (χ0n) is 9.17. The van der Waals surface area contributed by atoms with Crippen molar-refractivity contribution < 1.29 is 9.53 Å². The predicted molar refractivity (Wildman–Crippen MR) is 65.2 cm³/mol. The van der Waals surface area contributed by atoms with Gasteiger partial charge in [0.25, 0.3) is 0 Å². The summed E-state index contributed by atoms with van der Waals surface area (Å²) in [6, 6.07) is 5.44. The molecule has 0 saturated carbocycles. The Morgan fingerprint density at radius 3 is 2.62 bits per heavy atom. The molecule has 0 radical (unpaired) electrons. The van der Waals surface area contributed by atoms with E-state index in [1.54, 1.807) is 19.2 Å². The standard InChI is InChI=1S/C11H13Cl2NO2/c1-14(11(15)16-2)6-5-8-3-4-9(12)10(13)7-8/h3-4,7H,5-6H2,1-2H3. The average Bonchev–Trinajstić information content (AvgIpc) is 2.29. The molecule has 0 aromatic heterocycles. The highest BCUT2D eigenvalue weighted by Gasteiger charge is 2.08. The van der Waals surface area contributed by atoms with Crippen LogP contribution in [0.3, 0.4) is 0 Å². The quantitative estimate of drug-likeness (QED) is 0.836. The Kier molecular flexibility index (Phi) is 4.90. The number of carbonyl (C=O) groups excluding carboxylic acids is 1. The maximum Gasteiger partial charge on any atom is 0.409 e. The van der Waals surface area contributed by atoms with Crippen molar-refractivity contribution in [3.63, 3.8) is 0 Å². The third-order valence-corrected chi connectivity index (χ3v) is 2.95. The van der Waals surface area contributed by atoms with Crippen LogP contribution >= 0.6 is 23.2 Å². The number of amides is 1. The van der Waals surface area contributed by atoms with Crippen LogP contribution in [0.15, 0.2) is 18.2 Å². The van der Waals surface area contributed by atoms with Gasteiger partial charge < -0.3 is 9.64 Å². The van der Waals surface area contributed by atoms with Crippen molar-refractivity contribution >= 4 is 29.3 Å². The molecule has 0 atom stereocenters. The molecule has 1 aromatic rings. The molecule has 88 valence electrons. The summed E-state index contributed by atoms with van der Waals surface area (Å²) in [5.74, 6) is 0.